The van der Waals surface area contributed by atoms with Gasteiger partial charge in [0.05, 0.1) is 0 Å². The summed E-state index contributed by atoms with van der Waals surface area (Å²) in [4.78, 5) is 0. The first kappa shape index (κ1) is 13.7. The minimum atomic E-state index is -2.95. The zero-order chi connectivity index (χ0) is 12.2. The molecule has 0 aromatic heterocycles. The summed E-state index contributed by atoms with van der Waals surface area (Å²) in [6.07, 6.45) is 3.42. The largest absolute Gasteiger partial charge is 0.388 e. The second-order valence-corrected chi connectivity index (χ2v) is 11.6. The van der Waals surface area contributed by atoms with Gasteiger partial charge < -0.3 is 4.74 Å². The van der Waals surface area contributed by atoms with Crippen LogP contribution in [0, 0.1) is 11.5 Å². The third-order valence-electron chi connectivity index (χ3n) is 2.07. The van der Waals surface area contributed by atoms with Crippen molar-refractivity contribution in [2.75, 3.05) is 0 Å². The van der Waals surface area contributed by atoms with E-state index in [0.29, 0.717) is 10.9 Å². The van der Waals surface area contributed by atoms with Crippen molar-refractivity contribution in [3.05, 3.63) is 23.8 Å². The van der Waals surface area contributed by atoms with Gasteiger partial charge in [0.25, 0.3) is 6.26 Å². The van der Waals surface area contributed by atoms with E-state index in [1.54, 1.807) is 18.4 Å². The van der Waals surface area contributed by atoms with Gasteiger partial charge in [0, 0.05) is 0 Å². The zero-order valence-electron chi connectivity index (χ0n) is 8.64. The standard InChI is InChI=1S/C10H10Cl3NOSi/c1-2-3-8-4-5-9(15-7-14)6-10(8)16(11,12)13/h4-6H,2-3H2,1H3. The Morgan fingerprint density at radius 3 is 2.56 bits per heavy atom. The molecule has 0 heterocycles. The molecule has 1 aromatic rings. The van der Waals surface area contributed by atoms with Crippen LogP contribution in [0.3, 0.4) is 0 Å². The van der Waals surface area contributed by atoms with Gasteiger partial charge in [-0.1, -0.05) is 19.4 Å². The molecule has 0 aliphatic carbocycles. The molecule has 0 bridgehead atoms. The maximum absolute atomic E-state index is 8.43. The predicted octanol–water partition coefficient (Wildman–Crippen LogP) is 3.36. The van der Waals surface area contributed by atoms with Crippen LogP contribution in [0.2, 0.25) is 0 Å². The molecule has 0 atom stereocenters. The molecule has 0 aliphatic heterocycles. The molecule has 0 fully saturated rings. The number of hydrogen-bond acceptors (Lipinski definition) is 2. The van der Waals surface area contributed by atoms with Gasteiger partial charge in [0.2, 0.25) is 0 Å². The van der Waals surface area contributed by atoms with E-state index in [-0.39, 0.29) is 0 Å². The minimum absolute atomic E-state index is 0.413. The van der Waals surface area contributed by atoms with Crippen LogP contribution in [-0.2, 0) is 6.42 Å². The molecule has 0 N–H and O–H groups in total. The minimum Gasteiger partial charge on any atom is -0.388 e. The summed E-state index contributed by atoms with van der Waals surface area (Å²) < 4.78 is 4.73. The highest BCUT2D eigenvalue weighted by molar-refractivity contribution is 7.69. The number of aryl methyl sites for hydroxylation is 1. The van der Waals surface area contributed by atoms with E-state index < -0.39 is 6.00 Å². The molecule has 0 unspecified atom stereocenters. The van der Waals surface area contributed by atoms with Crippen molar-refractivity contribution in [3.8, 4) is 12.0 Å². The summed E-state index contributed by atoms with van der Waals surface area (Å²) in [5, 5.41) is 9.13. The quantitative estimate of drug-likeness (QED) is 0.484. The maximum atomic E-state index is 8.43. The number of ether oxygens (including phenoxy) is 1. The SMILES string of the molecule is CCCc1ccc(OC#N)cc1[Si](Cl)(Cl)Cl. The molecule has 0 saturated carbocycles. The van der Waals surface area contributed by atoms with Crippen LogP contribution in [0.15, 0.2) is 18.2 Å². The van der Waals surface area contributed by atoms with Crippen molar-refractivity contribution in [2.45, 2.75) is 19.8 Å². The fraction of sp³-hybridized carbons (Fsp3) is 0.300. The van der Waals surface area contributed by atoms with E-state index in [9.17, 15) is 0 Å². The summed E-state index contributed by atoms with van der Waals surface area (Å²) in [6, 6.07) is 2.26. The van der Waals surface area contributed by atoms with Crippen LogP contribution in [0.25, 0.3) is 0 Å². The Kier molecular flexibility index (Phi) is 4.94. The molecular weight excluding hydrogens is 285 g/mol. The Hall–Kier alpha value is -0.403. The fourth-order valence-electron chi connectivity index (χ4n) is 1.42. The predicted molar refractivity (Wildman–Crippen MR) is 69.6 cm³/mol. The van der Waals surface area contributed by atoms with E-state index >= 15 is 0 Å². The first-order valence-electron chi connectivity index (χ1n) is 4.75. The molecule has 0 saturated heterocycles. The Morgan fingerprint density at radius 1 is 1.38 bits per heavy atom. The highest BCUT2D eigenvalue weighted by Crippen LogP contribution is 2.24. The summed E-state index contributed by atoms with van der Waals surface area (Å²) in [7, 11) is 0. The summed E-state index contributed by atoms with van der Waals surface area (Å²) in [5.74, 6) is 0.413. The van der Waals surface area contributed by atoms with E-state index in [4.69, 9.17) is 43.2 Å². The number of nitriles is 1. The van der Waals surface area contributed by atoms with Crippen molar-refractivity contribution < 1.29 is 4.74 Å². The summed E-state index contributed by atoms with van der Waals surface area (Å²) in [6.45, 7) is 2.06. The fourth-order valence-corrected chi connectivity index (χ4v) is 3.88. The van der Waals surface area contributed by atoms with E-state index in [1.165, 1.54) is 0 Å². The number of halogens is 3. The van der Waals surface area contributed by atoms with Crippen LogP contribution < -0.4 is 9.92 Å². The van der Waals surface area contributed by atoms with Gasteiger partial charge in [0.1, 0.15) is 5.75 Å². The van der Waals surface area contributed by atoms with Crippen molar-refractivity contribution in [1.82, 2.24) is 0 Å². The van der Waals surface area contributed by atoms with Crippen LogP contribution in [0.4, 0.5) is 0 Å². The van der Waals surface area contributed by atoms with Crippen LogP contribution in [-0.4, -0.2) is 6.00 Å². The number of rotatable bonds is 4. The summed E-state index contributed by atoms with van der Waals surface area (Å²) >= 11 is 18.0. The van der Waals surface area contributed by atoms with Gasteiger partial charge in [0.15, 0.2) is 0 Å². The van der Waals surface area contributed by atoms with Crippen molar-refractivity contribution in [2.24, 2.45) is 0 Å². The lowest BCUT2D eigenvalue weighted by Gasteiger charge is -2.14. The van der Waals surface area contributed by atoms with Crippen LogP contribution >= 0.6 is 33.2 Å². The highest BCUT2D eigenvalue weighted by Gasteiger charge is 2.31. The van der Waals surface area contributed by atoms with Gasteiger partial charge in [-0.3, -0.25) is 0 Å². The lowest BCUT2D eigenvalue weighted by molar-refractivity contribution is 0.507. The van der Waals surface area contributed by atoms with Gasteiger partial charge >= 0.3 is 6.00 Å². The number of nitrogens with zero attached hydrogens (tertiary/aromatic N) is 1. The van der Waals surface area contributed by atoms with E-state index in [1.807, 2.05) is 6.07 Å². The highest BCUT2D eigenvalue weighted by atomic mass is 35.8. The molecule has 0 radical (unpaired) electrons. The monoisotopic (exact) mass is 293 g/mol. The summed E-state index contributed by atoms with van der Waals surface area (Å²) in [5.41, 5.74) is 1.01. The average molecular weight is 295 g/mol. The lowest BCUT2D eigenvalue weighted by atomic mass is 10.1. The van der Waals surface area contributed by atoms with E-state index in [0.717, 1.165) is 18.4 Å². The van der Waals surface area contributed by atoms with Crippen molar-refractivity contribution >= 4 is 44.4 Å². The Morgan fingerprint density at radius 2 is 2.06 bits per heavy atom. The first-order valence-corrected chi connectivity index (χ1v) is 9.78. The van der Waals surface area contributed by atoms with Crippen molar-refractivity contribution in [1.29, 1.82) is 5.26 Å². The molecule has 16 heavy (non-hydrogen) atoms. The molecule has 6 heteroatoms. The zero-order valence-corrected chi connectivity index (χ0v) is 11.9. The molecule has 0 amide bonds. The smallest absolute Gasteiger partial charge is 0.373 e. The van der Waals surface area contributed by atoms with Gasteiger partial charge in [-0.05, 0) is 29.3 Å². The van der Waals surface area contributed by atoms with Crippen molar-refractivity contribution in [3.63, 3.8) is 0 Å². The van der Waals surface area contributed by atoms with E-state index in [2.05, 4.69) is 6.92 Å². The number of benzene rings is 1. The van der Waals surface area contributed by atoms with Gasteiger partial charge in [-0.15, -0.1) is 38.5 Å². The number of hydrogen-bond donors (Lipinski definition) is 0. The Labute approximate surface area is 110 Å². The van der Waals surface area contributed by atoms with Gasteiger partial charge in [-0.25, -0.2) is 0 Å². The van der Waals surface area contributed by atoms with Crippen LogP contribution in [0.5, 0.6) is 5.75 Å². The molecule has 86 valence electrons. The molecular formula is C10H10Cl3NOSi. The normalized spacial score (nSPS) is 10.9. The molecule has 1 aromatic carbocycles. The maximum Gasteiger partial charge on any atom is 0.373 e. The average Bonchev–Trinajstić information content (AvgIpc) is 2.19. The topological polar surface area (TPSA) is 33.0 Å². The third kappa shape index (κ3) is 3.57. The first-order chi connectivity index (χ1) is 7.49. The second kappa shape index (κ2) is 5.79. The second-order valence-electron chi connectivity index (χ2n) is 3.26. The van der Waals surface area contributed by atoms with Crippen LogP contribution in [0.1, 0.15) is 18.9 Å². The molecule has 2 nitrogen and oxygen atoms in total. The third-order valence-corrected chi connectivity index (χ3v) is 4.98. The Bertz CT molecular complexity index is 412. The molecule has 0 spiro atoms. The molecule has 0 aliphatic rings. The van der Waals surface area contributed by atoms with Gasteiger partial charge in [-0.2, -0.15) is 0 Å². The lowest BCUT2D eigenvalue weighted by Crippen LogP contribution is -2.33. The molecule has 1 rings (SSSR count). The Balaban J connectivity index is 3.17.